The molecule has 182 valence electrons. The van der Waals surface area contributed by atoms with Crippen molar-refractivity contribution in [2.45, 2.75) is 24.3 Å². The van der Waals surface area contributed by atoms with Gasteiger partial charge in [0, 0.05) is 6.54 Å². The highest BCUT2D eigenvalue weighted by Gasteiger charge is 2.32. The van der Waals surface area contributed by atoms with Gasteiger partial charge in [-0.25, -0.2) is 13.2 Å². The monoisotopic (exact) mass is 494 g/mol. The fourth-order valence-electron chi connectivity index (χ4n) is 4.01. The van der Waals surface area contributed by atoms with Crippen LogP contribution in [-0.4, -0.2) is 40.6 Å². The summed E-state index contributed by atoms with van der Waals surface area (Å²) in [7, 11) is -2.55. The highest BCUT2D eigenvalue weighted by Crippen LogP contribution is 2.34. The summed E-state index contributed by atoms with van der Waals surface area (Å²) in [6.45, 7) is 1.62. The molecule has 0 spiro atoms. The first kappa shape index (κ1) is 24.3. The van der Waals surface area contributed by atoms with Crippen molar-refractivity contribution in [3.63, 3.8) is 0 Å². The molecule has 1 amide bonds. The first-order valence-corrected chi connectivity index (χ1v) is 12.6. The van der Waals surface area contributed by atoms with Crippen molar-refractivity contribution in [3.05, 3.63) is 89.5 Å². The van der Waals surface area contributed by atoms with E-state index in [1.54, 1.807) is 12.1 Å². The SMILES string of the molecule is COc1ccc(S(=O)(=O)N2CCc3ccccc32)cc1C(=O)OCC(=O)N[C@@H](C)c1ccccc1. The van der Waals surface area contributed by atoms with E-state index >= 15 is 0 Å². The van der Waals surface area contributed by atoms with E-state index in [-0.39, 0.29) is 22.3 Å². The fraction of sp³-hybridized carbons (Fsp3) is 0.231. The molecule has 3 aromatic rings. The third-order valence-corrected chi connectivity index (χ3v) is 7.64. The summed E-state index contributed by atoms with van der Waals surface area (Å²) in [5.74, 6) is -1.19. The first-order chi connectivity index (χ1) is 16.8. The summed E-state index contributed by atoms with van der Waals surface area (Å²) in [6, 6.07) is 20.4. The van der Waals surface area contributed by atoms with Gasteiger partial charge < -0.3 is 14.8 Å². The third-order valence-electron chi connectivity index (χ3n) is 5.83. The molecule has 0 aromatic heterocycles. The Bertz CT molecular complexity index is 1340. The molecule has 9 heteroatoms. The number of ether oxygens (including phenoxy) is 2. The summed E-state index contributed by atoms with van der Waals surface area (Å²) in [5, 5.41) is 2.76. The van der Waals surface area contributed by atoms with Crippen molar-refractivity contribution >= 4 is 27.6 Å². The second-order valence-electron chi connectivity index (χ2n) is 8.09. The van der Waals surface area contributed by atoms with Crippen LogP contribution in [0.1, 0.15) is 34.5 Å². The predicted octanol–water partition coefficient (Wildman–Crippen LogP) is 3.48. The summed E-state index contributed by atoms with van der Waals surface area (Å²) in [5.41, 5.74) is 2.40. The number of sulfonamides is 1. The second-order valence-corrected chi connectivity index (χ2v) is 9.96. The van der Waals surface area contributed by atoms with Crippen LogP contribution in [0.25, 0.3) is 0 Å². The highest BCUT2D eigenvalue weighted by atomic mass is 32.2. The lowest BCUT2D eigenvalue weighted by molar-refractivity contribution is -0.124. The lowest BCUT2D eigenvalue weighted by Gasteiger charge is -2.20. The summed E-state index contributed by atoms with van der Waals surface area (Å²) in [6.07, 6.45) is 0.608. The molecule has 1 atom stereocenters. The number of amides is 1. The van der Waals surface area contributed by atoms with E-state index in [9.17, 15) is 18.0 Å². The van der Waals surface area contributed by atoms with E-state index < -0.39 is 28.5 Å². The standard InChI is InChI=1S/C26H26N2O6S/c1-18(19-8-4-3-5-9-19)27-25(29)17-34-26(30)22-16-21(12-13-24(22)33-2)35(31,32)28-15-14-20-10-6-7-11-23(20)28/h3-13,16,18H,14-15,17H2,1-2H3,(H,27,29)/t18-/m0/s1. The van der Waals surface area contributed by atoms with Gasteiger partial charge >= 0.3 is 5.97 Å². The Morgan fingerprint density at radius 2 is 1.74 bits per heavy atom. The molecule has 8 nitrogen and oxygen atoms in total. The molecule has 0 unspecified atom stereocenters. The van der Waals surface area contributed by atoms with E-state index in [0.29, 0.717) is 18.7 Å². The molecule has 1 N–H and O–H groups in total. The number of methoxy groups -OCH3 is 1. The number of carbonyl (C=O) groups excluding carboxylic acids is 2. The zero-order chi connectivity index (χ0) is 25.0. The minimum atomic E-state index is -3.92. The van der Waals surface area contributed by atoms with E-state index in [1.807, 2.05) is 49.4 Å². The van der Waals surface area contributed by atoms with Crippen molar-refractivity contribution in [2.24, 2.45) is 0 Å². The van der Waals surface area contributed by atoms with Gasteiger partial charge in [0.05, 0.1) is 23.7 Å². The maximum absolute atomic E-state index is 13.4. The second kappa shape index (κ2) is 10.2. The van der Waals surface area contributed by atoms with Crippen LogP contribution >= 0.6 is 0 Å². The lowest BCUT2D eigenvalue weighted by atomic mass is 10.1. The molecule has 0 radical (unpaired) electrons. The fourth-order valence-corrected chi connectivity index (χ4v) is 5.54. The molecule has 35 heavy (non-hydrogen) atoms. The van der Waals surface area contributed by atoms with Crippen molar-refractivity contribution in [1.82, 2.24) is 5.32 Å². The van der Waals surface area contributed by atoms with Gasteiger partial charge in [0.15, 0.2) is 6.61 Å². The Hall–Kier alpha value is -3.85. The molecule has 1 aliphatic rings. The van der Waals surface area contributed by atoms with Gasteiger partial charge in [-0.05, 0) is 48.7 Å². The highest BCUT2D eigenvalue weighted by molar-refractivity contribution is 7.92. The van der Waals surface area contributed by atoms with E-state index in [0.717, 1.165) is 11.1 Å². The molecule has 3 aromatic carbocycles. The normalized spacial score (nSPS) is 13.6. The number of nitrogens with zero attached hydrogens (tertiary/aromatic N) is 1. The van der Waals surface area contributed by atoms with Crippen molar-refractivity contribution in [1.29, 1.82) is 0 Å². The summed E-state index contributed by atoms with van der Waals surface area (Å²) < 4.78 is 38.5. The summed E-state index contributed by atoms with van der Waals surface area (Å²) >= 11 is 0. The van der Waals surface area contributed by atoms with Gasteiger partial charge in [-0.1, -0.05) is 48.5 Å². The molecule has 0 fully saturated rings. The van der Waals surface area contributed by atoms with Crippen LogP contribution in [0, 0.1) is 0 Å². The van der Waals surface area contributed by atoms with Crippen LogP contribution < -0.4 is 14.4 Å². The van der Waals surface area contributed by atoms with Gasteiger partial charge in [-0.2, -0.15) is 0 Å². The van der Waals surface area contributed by atoms with Crippen molar-refractivity contribution in [3.8, 4) is 5.75 Å². The number of benzene rings is 3. The predicted molar refractivity (Wildman–Crippen MR) is 131 cm³/mol. The maximum atomic E-state index is 13.4. The van der Waals surface area contributed by atoms with Gasteiger partial charge in [0.2, 0.25) is 0 Å². The third kappa shape index (κ3) is 5.14. The average Bonchev–Trinajstić information content (AvgIpc) is 3.32. The molecule has 0 aliphatic carbocycles. The molecule has 0 bridgehead atoms. The number of rotatable bonds is 8. The smallest absolute Gasteiger partial charge is 0.342 e. The average molecular weight is 495 g/mol. The molecule has 0 saturated carbocycles. The Labute approximate surface area is 204 Å². The topological polar surface area (TPSA) is 102 Å². The zero-order valence-electron chi connectivity index (χ0n) is 19.4. The Morgan fingerprint density at radius 3 is 2.49 bits per heavy atom. The Kier molecular flexibility index (Phi) is 7.07. The number of hydrogen-bond acceptors (Lipinski definition) is 6. The molecular formula is C26H26N2O6S. The number of para-hydroxylation sites is 1. The largest absolute Gasteiger partial charge is 0.496 e. The number of nitrogens with one attached hydrogen (secondary N) is 1. The molecular weight excluding hydrogens is 468 g/mol. The quantitative estimate of drug-likeness (QED) is 0.481. The minimum Gasteiger partial charge on any atom is -0.496 e. The molecule has 0 saturated heterocycles. The van der Waals surface area contributed by atoms with Crippen LogP contribution in [0.2, 0.25) is 0 Å². The van der Waals surface area contributed by atoms with E-state index in [1.165, 1.54) is 29.6 Å². The van der Waals surface area contributed by atoms with Crippen LogP contribution in [0.5, 0.6) is 5.75 Å². The molecule has 1 aliphatic heterocycles. The summed E-state index contributed by atoms with van der Waals surface area (Å²) in [4.78, 5) is 25.0. The van der Waals surface area contributed by atoms with Gasteiger partial charge in [0.25, 0.3) is 15.9 Å². The number of hydrogen-bond donors (Lipinski definition) is 1. The van der Waals surface area contributed by atoms with Crippen molar-refractivity contribution < 1.29 is 27.5 Å². The minimum absolute atomic E-state index is 0.0656. The number of fused-ring (bicyclic) bond motifs is 1. The van der Waals surface area contributed by atoms with Crippen LogP contribution in [0.4, 0.5) is 5.69 Å². The first-order valence-electron chi connectivity index (χ1n) is 11.1. The Balaban J connectivity index is 1.49. The number of carbonyl (C=O) groups is 2. The van der Waals surface area contributed by atoms with Crippen molar-refractivity contribution in [2.75, 3.05) is 24.6 Å². The molecule has 4 rings (SSSR count). The zero-order valence-corrected chi connectivity index (χ0v) is 20.2. The maximum Gasteiger partial charge on any atom is 0.342 e. The van der Waals surface area contributed by atoms with Crippen LogP contribution in [-0.2, 0) is 26.0 Å². The number of anilines is 1. The van der Waals surface area contributed by atoms with Crippen LogP contribution in [0.15, 0.2) is 77.7 Å². The molecule has 1 heterocycles. The Morgan fingerprint density at radius 1 is 1.03 bits per heavy atom. The lowest BCUT2D eigenvalue weighted by Crippen LogP contribution is -2.31. The van der Waals surface area contributed by atoms with Gasteiger partial charge in [0.1, 0.15) is 11.3 Å². The van der Waals surface area contributed by atoms with Crippen LogP contribution in [0.3, 0.4) is 0 Å². The van der Waals surface area contributed by atoms with E-state index in [2.05, 4.69) is 5.32 Å². The van der Waals surface area contributed by atoms with Gasteiger partial charge in [-0.15, -0.1) is 0 Å². The number of esters is 1. The van der Waals surface area contributed by atoms with Gasteiger partial charge in [-0.3, -0.25) is 9.10 Å². The van der Waals surface area contributed by atoms with E-state index in [4.69, 9.17) is 9.47 Å².